The maximum absolute atomic E-state index is 11.9. The number of nitrogens with one attached hydrogen (secondary N) is 2. The van der Waals surface area contributed by atoms with Crippen LogP contribution in [0.3, 0.4) is 0 Å². The molecular weight excluding hydrogens is 380 g/mol. The van der Waals surface area contributed by atoms with E-state index in [1.807, 2.05) is 25.1 Å². The average Bonchev–Trinajstić information content (AvgIpc) is 2.71. The Hall–Kier alpha value is -1.22. The van der Waals surface area contributed by atoms with Gasteiger partial charge in [-0.25, -0.2) is 0 Å². The molecule has 29 heavy (non-hydrogen) atoms. The van der Waals surface area contributed by atoms with Gasteiger partial charge in [-0.1, -0.05) is 108 Å². The Morgan fingerprint density at radius 2 is 1.34 bits per heavy atom. The minimum atomic E-state index is 0.0383. The fourth-order valence-electron chi connectivity index (χ4n) is 3.50. The van der Waals surface area contributed by atoms with Crippen LogP contribution in [0, 0.1) is 6.92 Å². The van der Waals surface area contributed by atoms with E-state index in [0.717, 1.165) is 29.2 Å². The van der Waals surface area contributed by atoms with Crippen molar-refractivity contribution in [1.29, 1.82) is 0 Å². The Balaban J connectivity index is 1.84. The van der Waals surface area contributed by atoms with Gasteiger partial charge in [0, 0.05) is 17.3 Å². The van der Waals surface area contributed by atoms with Crippen LogP contribution in [0.2, 0.25) is 5.02 Å². The van der Waals surface area contributed by atoms with Crippen molar-refractivity contribution in [3.8, 4) is 0 Å². The lowest BCUT2D eigenvalue weighted by atomic mass is 10.0. The molecule has 0 aliphatic heterocycles. The third kappa shape index (κ3) is 14.4. The molecule has 2 N–H and O–H groups in total. The van der Waals surface area contributed by atoms with Crippen molar-refractivity contribution in [2.45, 2.75) is 104 Å². The van der Waals surface area contributed by atoms with E-state index in [4.69, 9.17) is 11.6 Å². The summed E-state index contributed by atoms with van der Waals surface area (Å²) in [6, 6.07) is 5.76. The van der Waals surface area contributed by atoms with Crippen molar-refractivity contribution < 1.29 is 4.79 Å². The highest BCUT2D eigenvalue weighted by molar-refractivity contribution is 6.31. The Morgan fingerprint density at radius 1 is 0.828 bits per heavy atom. The van der Waals surface area contributed by atoms with E-state index in [1.165, 1.54) is 83.5 Å². The highest BCUT2D eigenvalue weighted by Crippen LogP contribution is 2.19. The predicted octanol–water partition coefficient (Wildman–Crippen LogP) is 7.66. The largest absolute Gasteiger partial charge is 0.376 e. The van der Waals surface area contributed by atoms with Gasteiger partial charge < -0.3 is 10.6 Å². The lowest BCUT2D eigenvalue weighted by Gasteiger charge is -2.09. The van der Waals surface area contributed by atoms with Gasteiger partial charge >= 0.3 is 0 Å². The Labute approximate surface area is 184 Å². The molecule has 0 spiro atoms. The smallest absolute Gasteiger partial charge is 0.239 e. The van der Waals surface area contributed by atoms with Crippen LogP contribution < -0.4 is 10.6 Å². The number of amides is 1. The summed E-state index contributed by atoms with van der Waals surface area (Å²) in [5.74, 6) is 0.0383. The second-order valence-corrected chi connectivity index (χ2v) is 8.67. The molecule has 0 bridgehead atoms. The van der Waals surface area contributed by atoms with E-state index < -0.39 is 0 Å². The quantitative estimate of drug-likeness (QED) is 0.238. The summed E-state index contributed by atoms with van der Waals surface area (Å²) in [5.41, 5.74) is 1.92. The zero-order valence-electron chi connectivity index (χ0n) is 18.8. The van der Waals surface area contributed by atoms with Gasteiger partial charge in [0.1, 0.15) is 0 Å². The van der Waals surface area contributed by atoms with Gasteiger partial charge in [0.05, 0.1) is 6.54 Å². The standard InChI is InChI=1S/C25H43ClN2O/c1-3-4-5-6-7-8-9-10-11-12-13-14-15-16-19-27-25(29)21-28-23-18-17-22(2)24(26)20-23/h17-18,20,28H,3-16,19,21H2,1-2H3,(H,27,29). The van der Waals surface area contributed by atoms with Crippen molar-refractivity contribution >= 4 is 23.2 Å². The lowest BCUT2D eigenvalue weighted by Crippen LogP contribution is -2.30. The highest BCUT2D eigenvalue weighted by atomic mass is 35.5. The summed E-state index contributed by atoms with van der Waals surface area (Å²) in [7, 11) is 0. The minimum Gasteiger partial charge on any atom is -0.376 e. The zero-order chi connectivity index (χ0) is 21.2. The Kier molecular flexibility index (Phi) is 15.7. The van der Waals surface area contributed by atoms with Crippen molar-refractivity contribution in [2.75, 3.05) is 18.4 Å². The molecule has 0 saturated carbocycles. The van der Waals surface area contributed by atoms with E-state index in [2.05, 4.69) is 17.6 Å². The Morgan fingerprint density at radius 3 is 1.86 bits per heavy atom. The monoisotopic (exact) mass is 422 g/mol. The van der Waals surface area contributed by atoms with Crippen molar-refractivity contribution in [3.05, 3.63) is 28.8 Å². The van der Waals surface area contributed by atoms with Crippen LogP contribution >= 0.6 is 11.6 Å². The molecule has 3 nitrogen and oxygen atoms in total. The van der Waals surface area contributed by atoms with Crippen molar-refractivity contribution in [1.82, 2.24) is 5.32 Å². The van der Waals surface area contributed by atoms with E-state index in [0.29, 0.717) is 0 Å². The summed E-state index contributed by atoms with van der Waals surface area (Å²) < 4.78 is 0. The summed E-state index contributed by atoms with van der Waals surface area (Å²) in [6.45, 7) is 5.30. The number of rotatable bonds is 18. The Bertz CT molecular complexity index is 548. The summed E-state index contributed by atoms with van der Waals surface area (Å²) in [5, 5.41) is 6.83. The average molecular weight is 423 g/mol. The van der Waals surface area contributed by atoms with Gasteiger partial charge in [-0.2, -0.15) is 0 Å². The fraction of sp³-hybridized carbons (Fsp3) is 0.720. The predicted molar refractivity (Wildman–Crippen MR) is 128 cm³/mol. The van der Waals surface area contributed by atoms with E-state index in [-0.39, 0.29) is 12.5 Å². The van der Waals surface area contributed by atoms with Crippen molar-refractivity contribution in [3.63, 3.8) is 0 Å². The number of hydrogen-bond donors (Lipinski definition) is 2. The molecule has 0 aliphatic rings. The fourth-order valence-corrected chi connectivity index (χ4v) is 3.68. The third-order valence-corrected chi connectivity index (χ3v) is 5.88. The first-order chi connectivity index (χ1) is 14.1. The van der Waals surface area contributed by atoms with Gasteiger partial charge in [-0.3, -0.25) is 4.79 Å². The van der Waals surface area contributed by atoms with E-state index in [1.54, 1.807) is 0 Å². The number of halogens is 1. The molecular formula is C25H43ClN2O. The van der Waals surface area contributed by atoms with Gasteiger partial charge in [0.25, 0.3) is 0 Å². The van der Waals surface area contributed by atoms with Gasteiger partial charge in [-0.15, -0.1) is 0 Å². The maximum Gasteiger partial charge on any atom is 0.239 e. The van der Waals surface area contributed by atoms with Gasteiger partial charge in [0.2, 0.25) is 5.91 Å². The normalized spacial score (nSPS) is 10.9. The number of aryl methyl sites for hydroxylation is 1. The summed E-state index contributed by atoms with van der Waals surface area (Å²) >= 11 is 6.10. The van der Waals surface area contributed by atoms with Gasteiger partial charge in [0.15, 0.2) is 0 Å². The van der Waals surface area contributed by atoms with Crippen LogP contribution in [0.1, 0.15) is 102 Å². The SMILES string of the molecule is CCCCCCCCCCCCCCCCNC(=O)CNc1ccc(C)c(Cl)c1. The van der Waals surface area contributed by atoms with Crippen LogP contribution in [0.25, 0.3) is 0 Å². The molecule has 1 aromatic carbocycles. The number of hydrogen-bond acceptors (Lipinski definition) is 2. The second kappa shape index (κ2) is 17.6. The number of anilines is 1. The molecule has 1 rings (SSSR count). The molecule has 166 valence electrons. The number of benzene rings is 1. The molecule has 1 aromatic rings. The molecule has 4 heteroatoms. The molecule has 0 aliphatic carbocycles. The molecule has 0 atom stereocenters. The zero-order valence-corrected chi connectivity index (χ0v) is 19.6. The minimum absolute atomic E-state index is 0.0383. The van der Waals surface area contributed by atoms with Gasteiger partial charge in [-0.05, 0) is 31.0 Å². The van der Waals surface area contributed by atoms with E-state index in [9.17, 15) is 4.79 Å². The van der Waals surface area contributed by atoms with Crippen molar-refractivity contribution in [2.24, 2.45) is 0 Å². The summed E-state index contributed by atoms with van der Waals surface area (Å²) in [6.07, 6.45) is 18.9. The number of carbonyl (C=O) groups excluding carboxylic acids is 1. The number of unbranched alkanes of at least 4 members (excludes halogenated alkanes) is 13. The molecule has 0 heterocycles. The van der Waals surface area contributed by atoms with Crippen LogP contribution in [0.5, 0.6) is 0 Å². The summed E-state index contributed by atoms with van der Waals surface area (Å²) in [4.78, 5) is 11.9. The van der Waals surface area contributed by atoms with E-state index >= 15 is 0 Å². The third-order valence-electron chi connectivity index (χ3n) is 5.48. The van der Waals surface area contributed by atoms with Crippen LogP contribution in [0.15, 0.2) is 18.2 Å². The first-order valence-corrected chi connectivity index (χ1v) is 12.3. The second-order valence-electron chi connectivity index (χ2n) is 8.26. The molecule has 0 radical (unpaired) electrons. The molecule has 0 unspecified atom stereocenters. The van der Waals surface area contributed by atoms with Crippen LogP contribution in [-0.2, 0) is 4.79 Å². The highest BCUT2D eigenvalue weighted by Gasteiger charge is 2.02. The molecule has 0 saturated heterocycles. The topological polar surface area (TPSA) is 41.1 Å². The molecule has 1 amide bonds. The first kappa shape index (κ1) is 25.8. The lowest BCUT2D eigenvalue weighted by molar-refractivity contribution is -0.119. The molecule has 0 aromatic heterocycles. The molecule has 0 fully saturated rings. The maximum atomic E-state index is 11.9. The van der Waals surface area contributed by atoms with Crippen LogP contribution in [-0.4, -0.2) is 19.0 Å². The van der Waals surface area contributed by atoms with Crippen LogP contribution in [0.4, 0.5) is 5.69 Å². The first-order valence-electron chi connectivity index (χ1n) is 11.9. The number of carbonyl (C=O) groups is 1.